The highest BCUT2D eigenvalue weighted by atomic mass is 79.9. The molecule has 0 spiro atoms. The monoisotopic (exact) mass is 362 g/mol. The topological polar surface area (TPSA) is 9.23 Å². The fraction of sp³-hybridized carbons (Fsp3) is 0.571. The lowest BCUT2D eigenvalue weighted by Gasteiger charge is -2.18. The van der Waals surface area contributed by atoms with Gasteiger partial charge < -0.3 is 4.74 Å². The van der Waals surface area contributed by atoms with Crippen molar-refractivity contribution >= 4 is 31.9 Å². The largest absolute Gasteiger partial charge is 0.494 e. The van der Waals surface area contributed by atoms with Gasteiger partial charge in [-0.3, -0.25) is 0 Å². The Morgan fingerprint density at radius 3 is 2.59 bits per heavy atom. The molecule has 0 heterocycles. The molecule has 0 N–H and O–H groups in total. The summed E-state index contributed by atoms with van der Waals surface area (Å²) in [6.07, 6.45) is 2.34. The van der Waals surface area contributed by atoms with Crippen LogP contribution in [-0.4, -0.2) is 6.61 Å². The Balaban J connectivity index is 2.89. The summed E-state index contributed by atoms with van der Waals surface area (Å²) in [5.41, 5.74) is 1.24. The molecule has 1 rings (SSSR count). The van der Waals surface area contributed by atoms with Crippen LogP contribution in [0.15, 0.2) is 22.7 Å². The van der Waals surface area contributed by atoms with Crippen LogP contribution in [-0.2, 0) is 0 Å². The lowest BCUT2D eigenvalue weighted by Crippen LogP contribution is -2.02. The lowest BCUT2D eigenvalue weighted by molar-refractivity contribution is 0.335. The minimum Gasteiger partial charge on any atom is -0.494 e. The molecule has 17 heavy (non-hydrogen) atoms. The van der Waals surface area contributed by atoms with Crippen molar-refractivity contribution in [1.29, 1.82) is 0 Å². The number of halogens is 2. The third-order valence-electron chi connectivity index (χ3n) is 2.92. The highest BCUT2D eigenvalue weighted by Gasteiger charge is 2.16. The van der Waals surface area contributed by atoms with Crippen LogP contribution in [0.2, 0.25) is 0 Å². The van der Waals surface area contributed by atoms with Gasteiger partial charge in [0.1, 0.15) is 5.75 Å². The van der Waals surface area contributed by atoms with E-state index in [1.54, 1.807) is 0 Å². The van der Waals surface area contributed by atoms with E-state index in [0.29, 0.717) is 17.4 Å². The molecular weight excluding hydrogens is 344 g/mol. The van der Waals surface area contributed by atoms with Gasteiger partial charge >= 0.3 is 0 Å². The van der Waals surface area contributed by atoms with Crippen molar-refractivity contribution in [2.45, 2.75) is 38.4 Å². The molecule has 0 radical (unpaired) electrons. The number of alkyl halides is 1. The van der Waals surface area contributed by atoms with Crippen molar-refractivity contribution in [1.82, 2.24) is 0 Å². The molecule has 0 aromatic heterocycles. The first-order chi connectivity index (χ1) is 8.08. The summed E-state index contributed by atoms with van der Waals surface area (Å²) >= 11 is 7.30. The molecule has 1 aromatic carbocycles. The highest BCUT2D eigenvalue weighted by molar-refractivity contribution is 9.10. The predicted molar refractivity (Wildman–Crippen MR) is 81.1 cm³/mol. The maximum atomic E-state index is 5.68. The molecule has 0 saturated carbocycles. The van der Waals surface area contributed by atoms with Crippen LogP contribution in [0.1, 0.15) is 44.0 Å². The third kappa shape index (κ3) is 4.63. The van der Waals surface area contributed by atoms with E-state index in [2.05, 4.69) is 51.8 Å². The number of hydrogen-bond donors (Lipinski definition) is 0. The van der Waals surface area contributed by atoms with Gasteiger partial charge in [-0.1, -0.05) is 52.1 Å². The minimum absolute atomic E-state index is 0.358. The van der Waals surface area contributed by atoms with Crippen molar-refractivity contribution in [2.24, 2.45) is 5.92 Å². The molecule has 0 aliphatic heterocycles. The first-order valence-electron chi connectivity index (χ1n) is 6.14. The molecule has 2 unspecified atom stereocenters. The molecule has 1 nitrogen and oxygen atoms in total. The van der Waals surface area contributed by atoms with Gasteiger partial charge in [0.05, 0.1) is 6.61 Å². The van der Waals surface area contributed by atoms with E-state index < -0.39 is 0 Å². The molecule has 0 aliphatic carbocycles. The van der Waals surface area contributed by atoms with Crippen molar-refractivity contribution < 1.29 is 4.74 Å². The summed E-state index contributed by atoms with van der Waals surface area (Å²) < 4.78 is 6.78. The molecule has 0 saturated heterocycles. The Labute approximate surface area is 121 Å². The Kier molecular flexibility index (Phi) is 6.57. The third-order valence-corrected chi connectivity index (χ3v) is 4.28. The van der Waals surface area contributed by atoms with Crippen LogP contribution in [0.3, 0.4) is 0 Å². The quantitative estimate of drug-likeness (QED) is 0.587. The van der Waals surface area contributed by atoms with Gasteiger partial charge in [0.15, 0.2) is 0 Å². The first kappa shape index (κ1) is 15.0. The van der Waals surface area contributed by atoms with Gasteiger partial charge in [-0.05, 0) is 37.5 Å². The zero-order chi connectivity index (χ0) is 12.8. The van der Waals surface area contributed by atoms with E-state index >= 15 is 0 Å². The maximum absolute atomic E-state index is 5.68. The van der Waals surface area contributed by atoms with E-state index in [1.165, 1.54) is 12.0 Å². The standard InChI is InChI=1S/C14H20Br2O/c1-4-10(3)8-13(16)12-9-11(15)6-7-14(12)17-5-2/h6-7,9-10,13H,4-5,8H2,1-3H3. The fourth-order valence-electron chi connectivity index (χ4n) is 1.70. The molecule has 3 heteroatoms. The van der Waals surface area contributed by atoms with Crippen molar-refractivity contribution in [2.75, 3.05) is 6.61 Å². The van der Waals surface area contributed by atoms with Crippen molar-refractivity contribution in [3.05, 3.63) is 28.2 Å². The van der Waals surface area contributed by atoms with E-state index in [9.17, 15) is 0 Å². The predicted octanol–water partition coefficient (Wildman–Crippen LogP) is 5.72. The van der Waals surface area contributed by atoms with Crippen LogP contribution in [0.5, 0.6) is 5.75 Å². The summed E-state index contributed by atoms with van der Waals surface area (Å²) in [7, 11) is 0. The van der Waals surface area contributed by atoms with E-state index in [1.807, 2.05) is 19.1 Å². The SMILES string of the molecule is CCOc1ccc(Br)cc1C(Br)CC(C)CC. The lowest BCUT2D eigenvalue weighted by atomic mass is 9.98. The molecule has 0 fully saturated rings. The second-order valence-corrected chi connectivity index (χ2v) is 6.35. The average molecular weight is 364 g/mol. The fourth-order valence-corrected chi connectivity index (χ4v) is 3.07. The van der Waals surface area contributed by atoms with Crippen molar-refractivity contribution in [3.8, 4) is 5.75 Å². The normalized spacial score (nSPS) is 14.4. The molecule has 0 amide bonds. The van der Waals surface area contributed by atoms with Gasteiger partial charge in [-0.2, -0.15) is 0 Å². The van der Waals surface area contributed by atoms with E-state index in [0.717, 1.165) is 16.6 Å². The maximum Gasteiger partial charge on any atom is 0.123 e. The number of hydrogen-bond acceptors (Lipinski definition) is 1. The number of ether oxygens (including phenoxy) is 1. The van der Waals surface area contributed by atoms with Gasteiger partial charge in [0, 0.05) is 14.9 Å². The summed E-state index contributed by atoms with van der Waals surface area (Å²) in [6.45, 7) is 7.24. The zero-order valence-electron chi connectivity index (χ0n) is 10.7. The number of rotatable bonds is 6. The molecule has 1 aromatic rings. The van der Waals surface area contributed by atoms with Crippen LogP contribution >= 0.6 is 31.9 Å². The van der Waals surface area contributed by atoms with Crippen LogP contribution < -0.4 is 4.74 Å². The number of benzene rings is 1. The highest BCUT2D eigenvalue weighted by Crippen LogP contribution is 2.38. The smallest absolute Gasteiger partial charge is 0.123 e. The zero-order valence-corrected chi connectivity index (χ0v) is 13.8. The molecular formula is C14H20Br2O. The first-order valence-corrected chi connectivity index (χ1v) is 7.85. The molecule has 96 valence electrons. The Morgan fingerprint density at radius 2 is 2.00 bits per heavy atom. The molecule has 2 atom stereocenters. The van der Waals surface area contributed by atoms with Gasteiger partial charge in [-0.25, -0.2) is 0 Å². The average Bonchev–Trinajstić information content (AvgIpc) is 2.31. The van der Waals surface area contributed by atoms with Crippen molar-refractivity contribution in [3.63, 3.8) is 0 Å². The van der Waals surface area contributed by atoms with Gasteiger partial charge in [0.25, 0.3) is 0 Å². The summed E-state index contributed by atoms with van der Waals surface area (Å²) in [5.74, 6) is 1.70. The second kappa shape index (κ2) is 7.42. The van der Waals surface area contributed by atoms with Crippen LogP contribution in [0, 0.1) is 5.92 Å². The van der Waals surface area contributed by atoms with E-state index in [4.69, 9.17) is 4.74 Å². The summed E-state index contributed by atoms with van der Waals surface area (Å²) in [6, 6.07) is 6.21. The Morgan fingerprint density at radius 1 is 1.29 bits per heavy atom. The van der Waals surface area contributed by atoms with Crippen LogP contribution in [0.25, 0.3) is 0 Å². The van der Waals surface area contributed by atoms with E-state index in [-0.39, 0.29) is 0 Å². The molecule has 0 bridgehead atoms. The van der Waals surface area contributed by atoms with Gasteiger partial charge in [0.2, 0.25) is 0 Å². The Bertz CT molecular complexity index is 352. The Hall–Kier alpha value is -0.0200. The van der Waals surface area contributed by atoms with Gasteiger partial charge in [-0.15, -0.1) is 0 Å². The minimum atomic E-state index is 0.358. The summed E-state index contributed by atoms with van der Waals surface area (Å²) in [4.78, 5) is 0.358. The second-order valence-electron chi connectivity index (χ2n) is 4.33. The molecule has 0 aliphatic rings. The summed E-state index contributed by atoms with van der Waals surface area (Å²) in [5, 5.41) is 0. The van der Waals surface area contributed by atoms with Crippen LogP contribution in [0.4, 0.5) is 0 Å².